The van der Waals surface area contributed by atoms with Gasteiger partial charge < -0.3 is 10.2 Å². The molecule has 4 rings (SSSR count). The topological polar surface area (TPSA) is 70.4 Å². The van der Waals surface area contributed by atoms with Crippen molar-refractivity contribution in [2.24, 2.45) is 5.92 Å². The molecule has 1 fully saturated rings. The highest BCUT2D eigenvalue weighted by Crippen LogP contribution is 2.41. The molecule has 4 nitrogen and oxygen atoms in total. The fraction of sp³-hybridized carbons (Fsp3) is 0.394. The van der Waals surface area contributed by atoms with Crippen LogP contribution in [0, 0.1) is 19.8 Å². The molecule has 0 spiro atoms. The van der Waals surface area contributed by atoms with Crippen molar-refractivity contribution in [2.45, 2.75) is 64.9 Å². The summed E-state index contributed by atoms with van der Waals surface area (Å²) in [6, 6.07) is 15.4. The van der Waals surface area contributed by atoms with Crippen LogP contribution in [-0.2, 0) is 16.6 Å². The second kappa shape index (κ2) is 12.3. The van der Waals surface area contributed by atoms with Crippen molar-refractivity contribution in [3.05, 3.63) is 94.3 Å². The molecule has 2 atom stereocenters. The summed E-state index contributed by atoms with van der Waals surface area (Å²) in [5.74, 6) is 1.40. The van der Waals surface area contributed by atoms with E-state index in [1.807, 2.05) is 17.8 Å². The number of aliphatic hydroxyl groups is 1. The molecule has 0 radical (unpaired) electrons. The van der Waals surface area contributed by atoms with E-state index in [2.05, 4.69) is 81.2 Å². The van der Waals surface area contributed by atoms with Gasteiger partial charge in [-0.3, -0.25) is 9.78 Å². The smallest absolute Gasteiger partial charge is 0.307 e. The summed E-state index contributed by atoms with van der Waals surface area (Å²) in [5.41, 5.74) is 8.85. The molecule has 200 valence electrons. The van der Waals surface area contributed by atoms with Crippen LogP contribution in [0.25, 0.3) is 17.2 Å². The van der Waals surface area contributed by atoms with E-state index in [1.54, 1.807) is 12.4 Å². The molecule has 0 aliphatic carbocycles. The van der Waals surface area contributed by atoms with Crippen LogP contribution >= 0.6 is 11.8 Å². The zero-order chi connectivity index (χ0) is 27.3. The predicted molar refractivity (Wildman–Crippen MR) is 159 cm³/mol. The van der Waals surface area contributed by atoms with Crippen LogP contribution in [-0.4, -0.2) is 38.8 Å². The molecule has 5 heteroatoms. The number of carboxylic acid groups (broad SMARTS) is 1. The number of hydrogen-bond donors (Lipinski definition) is 2. The van der Waals surface area contributed by atoms with E-state index in [1.165, 1.54) is 22.3 Å². The van der Waals surface area contributed by atoms with E-state index >= 15 is 0 Å². The van der Waals surface area contributed by atoms with Crippen LogP contribution in [0.3, 0.4) is 0 Å². The summed E-state index contributed by atoms with van der Waals surface area (Å²) in [6.45, 7) is 8.82. The third kappa shape index (κ3) is 6.05. The molecule has 1 aromatic heterocycles. The van der Waals surface area contributed by atoms with Crippen LogP contribution in [0.1, 0.15) is 66.5 Å². The van der Waals surface area contributed by atoms with Gasteiger partial charge in [0.15, 0.2) is 0 Å². The highest BCUT2D eigenvalue weighted by Gasteiger charge is 2.31. The van der Waals surface area contributed by atoms with Crippen LogP contribution in [0.5, 0.6) is 0 Å². The number of carbonyl (C=O) groups is 1. The molecule has 2 heterocycles. The number of aliphatic carboxylic acids is 1. The van der Waals surface area contributed by atoms with Crippen LogP contribution in [0.2, 0.25) is 0 Å². The third-order valence-corrected chi connectivity index (χ3v) is 9.30. The molecule has 1 saturated heterocycles. The van der Waals surface area contributed by atoms with Crippen molar-refractivity contribution < 1.29 is 15.0 Å². The number of aromatic nitrogens is 1. The van der Waals surface area contributed by atoms with Crippen molar-refractivity contribution in [3.8, 4) is 11.1 Å². The molecule has 2 aromatic carbocycles. The van der Waals surface area contributed by atoms with E-state index in [-0.39, 0.29) is 23.9 Å². The SMILES string of the molecule is CCC(CC)(c1ccc(/C=C/C2CSCCC2O)c(C)c1)c1ccc(-c2cncc(CC(=O)O)c2)c(C)c1. The zero-order valence-corrected chi connectivity index (χ0v) is 23.7. The molecule has 0 bridgehead atoms. The largest absolute Gasteiger partial charge is 0.481 e. The van der Waals surface area contributed by atoms with Gasteiger partial charge in [0, 0.05) is 35.0 Å². The summed E-state index contributed by atoms with van der Waals surface area (Å²) in [4.78, 5) is 15.5. The van der Waals surface area contributed by atoms with E-state index < -0.39 is 5.97 Å². The maximum Gasteiger partial charge on any atom is 0.307 e. The molecule has 3 aromatic rings. The number of aliphatic hydroxyl groups excluding tert-OH is 1. The Morgan fingerprint density at radius 1 is 1.05 bits per heavy atom. The zero-order valence-electron chi connectivity index (χ0n) is 22.9. The second-order valence-corrected chi connectivity index (χ2v) is 11.6. The Kier molecular flexibility index (Phi) is 9.11. The third-order valence-electron chi connectivity index (χ3n) is 8.16. The highest BCUT2D eigenvalue weighted by molar-refractivity contribution is 7.99. The van der Waals surface area contributed by atoms with Crippen LogP contribution in [0.4, 0.5) is 0 Å². The van der Waals surface area contributed by atoms with Crippen molar-refractivity contribution in [1.29, 1.82) is 0 Å². The Bertz CT molecular complexity index is 1310. The maximum atomic E-state index is 11.2. The first-order valence-corrected chi connectivity index (χ1v) is 14.7. The monoisotopic (exact) mass is 529 g/mol. The maximum absolute atomic E-state index is 11.2. The number of aryl methyl sites for hydroxylation is 2. The number of pyridine rings is 1. The van der Waals surface area contributed by atoms with Gasteiger partial charge in [-0.2, -0.15) is 11.8 Å². The summed E-state index contributed by atoms with van der Waals surface area (Å²) in [6.07, 6.45) is 10.4. The van der Waals surface area contributed by atoms with Crippen LogP contribution < -0.4 is 0 Å². The lowest BCUT2D eigenvalue weighted by molar-refractivity contribution is -0.136. The molecule has 0 amide bonds. The standard InChI is InChI=1S/C33H39NO3S/c1-5-33(6-2,28-10-9-25(22(3)15-28)7-8-26-21-38-14-13-31(26)35)29-11-12-30(23(4)16-29)27-17-24(18-32(36)37)19-34-20-27/h7-12,15-17,19-20,26,31,35H,5-6,13-14,18,21H2,1-4H3,(H,36,37)/b8-7+. The second-order valence-electron chi connectivity index (χ2n) is 10.5. The highest BCUT2D eigenvalue weighted by atomic mass is 32.2. The number of benzene rings is 2. The molecule has 0 saturated carbocycles. The van der Waals surface area contributed by atoms with E-state index in [0.29, 0.717) is 5.56 Å². The number of carboxylic acids is 1. The lowest BCUT2D eigenvalue weighted by atomic mass is 9.69. The Morgan fingerprint density at radius 3 is 2.39 bits per heavy atom. The molecule has 1 aliphatic heterocycles. The summed E-state index contributed by atoms with van der Waals surface area (Å²) >= 11 is 1.92. The number of rotatable bonds is 9. The Hall–Kier alpha value is -2.89. The minimum atomic E-state index is -0.853. The molecule has 1 aliphatic rings. The predicted octanol–water partition coefficient (Wildman–Crippen LogP) is 7.23. The average Bonchev–Trinajstić information content (AvgIpc) is 2.90. The van der Waals surface area contributed by atoms with Gasteiger partial charge in [-0.05, 0) is 83.9 Å². The average molecular weight is 530 g/mol. The van der Waals surface area contributed by atoms with E-state index in [9.17, 15) is 9.90 Å². The fourth-order valence-corrected chi connectivity index (χ4v) is 6.92. The lowest BCUT2D eigenvalue weighted by Gasteiger charge is -2.34. The molecular weight excluding hydrogens is 490 g/mol. The first kappa shape index (κ1) is 28.1. The normalized spacial score (nSPS) is 18.1. The van der Waals surface area contributed by atoms with Gasteiger partial charge in [-0.25, -0.2) is 0 Å². The minimum absolute atomic E-state index is 0.0303. The van der Waals surface area contributed by atoms with Gasteiger partial charge in [0.1, 0.15) is 0 Å². The van der Waals surface area contributed by atoms with Gasteiger partial charge in [-0.15, -0.1) is 0 Å². The first-order chi connectivity index (χ1) is 18.3. The summed E-state index contributed by atoms with van der Waals surface area (Å²) in [7, 11) is 0. The fourth-order valence-electron chi connectivity index (χ4n) is 5.74. The minimum Gasteiger partial charge on any atom is -0.481 e. The Balaban J connectivity index is 1.64. The molecule has 2 N–H and O–H groups in total. The van der Waals surface area contributed by atoms with Crippen molar-refractivity contribution in [3.63, 3.8) is 0 Å². The summed E-state index contributed by atoms with van der Waals surface area (Å²) < 4.78 is 0. The quantitative estimate of drug-likeness (QED) is 0.306. The number of thioether (sulfide) groups is 1. The van der Waals surface area contributed by atoms with E-state index in [4.69, 9.17) is 5.11 Å². The van der Waals surface area contributed by atoms with Gasteiger partial charge in [-0.1, -0.05) is 62.4 Å². The van der Waals surface area contributed by atoms with Crippen molar-refractivity contribution in [1.82, 2.24) is 4.98 Å². The molecular formula is C33H39NO3S. The number of hydrogen-bond acceptors (Lipinski definition) is 4. The van der Waals surface area contributed by atoms with Crippen molar-refractivity contribution in [2.75, 3.05) is 11.5 Å². The first-order valence-electron chi connectivity index (χ1n) is 13.6. The van der Waals surface area contributed by atoms with Gasteiger partial charge in [0.2, 0.25) is 0 Å². The molecule has 38 heavy (non-hydrogen) atoms. The molecule has 2 unspecified atom stereocenters. The van der Waals surface area contributed by atoms with Crippen molar-refractivity contribution >= 4 is 23.8 Å². The van der Waals surface area contributed by atoms with Gasteiger partial charge >= 0.3 is 5.97 Å². The lowest BCUT2D eigenvalue weighted by Crippen LogP contribution is -2.26. The summed E-state index contributed by atoms with van der Waals surface area (Å²) in [5, 5.41) is 19.5. The van der Waals surface area contributed by atoms with E-state index in [0.717, 1.165) is 47.5 Å². The Labute approximate surface area is 231 Å². The van der Waals surface area contributed by atoms with Gasteiger partial charge in [0.05, 0.1) is 12.5 Å². The Morgan fingerprint density at radius 2 is 1.76 bits per heavy atom. The van der Waals surface area contributed by atoms with Crippen LogP contribution in [0.15, 0.2) is 60.9 Å². The van der Waals surface area contributed by atoms with Gasteiger partial charge in [0.25, 0.3) is 0 Å². The number of nitrogens with zero attached hydrogens (tertiary/aromatic N) is 1.